The predicted octanol–water partition coefficient (Wildman–Crippen LogP) is 3.57. The maximum Gasteiger partial charge on any atom is 0.311 e. The van der Waals surface area contributed by atoms with Gasteiger partial charge in [0.2, 0.25) is 5.91 Å². The molecule has 3 heterocycles. The third-order valence-corrected chi connectivity index (χ3v) is 6.45. The van der Waals surface area contributed by atoms with E-state index in [-0.39, 0.29) is 24.2 Å². The molecule has 0 unspecified atom stereocenters. The number of amides is 1. The van der Waals surface area contributed by atoms with E-state index >= 15 is 0 Å². The molecule has 1 fully saturated rings. The zero-order valence-corrected chi connectivity index (χ0v) is 20.0. The van der Waals surface area contributed by atoms with Crippen molar-refractivity contribution in [1.29, 1.82) is 0 Å². The van der Waals surface area contributed by atoms with Gasteiger partial charge in [0.25, 0.3) is 0 Å². The lowest BCUT2D eigenvalue weighted by atomic mass is 9.96. The van der Waals surface area contributed by atoms with Gasteiger partial charge in [-0.15, -0.1) is 21.5 Å². The van der Waals surface area contributed by atoms with Crippen LogP contribution < -0.4 is 15.0 Å². The fourth-order valence-electron chi connectivity index (χ4n) is 3.79. The Morgan fingerprint density at radius 2 is 1.88 bits per heavy atom. The zero-order chi connectivity index (χ0) is 23.9. The van der Waals surface area contributed by atoms with Gasteiger partial charge in [0, 0.05) is 30.0 Å². The quantitative estimate of drug-likeness (QED) is 0.487. The van der Waals surface area contributed by atoms with Gasteiger partial charge in [0.1, 0.15) is 5.75 Å². The van der Waals surface area contributed by atoms with Crippen LogP contribution >= 0.6 is 11.3 Å². The van der Waals surface area contributed by atoms with E-state index < -0.39 is 0 Å². The van der Waals surface area contributed by atoms with Crippen LogP contribution in [0.15, 0.2) is 41.8 Å². The van der Waals surface area contributed by atoms with Crippen LogP contribution in [0, 0.1) is 5.92 Å². The molecule has 1 saturated heterocycles. The van der Waals surface area contributed by atoms with Gasteiger partial charge < -0.3 is 19.7 Å². The SMILES string of the molecule is CCOC(=O)Cc1csc(NC(=O)C2CCN(c3ccc(-c4ccc(OC)cc4)nn3)CC2)n1. The highest BCUT2D eigenvalue weighted by Gasteiger charge is 2.26. The molecule has 0 saturated carbocycles. The molecule has 0 aliphatic carbocycles. The van der Waals surface area contributed by atoms with Crippen LogP contribution in [-0.4, -0.2) is 53.9 Å². The molecular weight excluding hydrogens is 454 g/mol. The number of carbonyl (C=O) groups excluding carboxylic acids is 2. The highest BCUT2D eigenvalue weighted by Crippen LogP contribution is 2.26. The normalized spacial score (nSPS) is 14.0. The number of benzene rings is 1. The van der Waals surface area contributed by atoms with Gasteiger partial charge in [-0.05, 0) is 56.2 Å². The molecule has 4 rings (SSSR count). The van der Waals surface area contributed by atoms with Crippen LogP contribution in [0.1, 0.15) is 25.5 Å². The number of thiazole rings is 1. The highest BCUT2D eigenvalue weighted by atomic mass is 32.1. The van der Waals surface area contributed by atoms with Crippen LogP contribution in [0.25, 0.3) is 11.3 Å². The number of hydrogen-bond acceptors (Lipinski definition) is 9. The van der Waals surface area contributed by atoms with Crippen molar-refractivity contribution in [3.63, 3.8) is 0 Å². The molecule has 1 aromatic carbocycles. The average molecular weight is 482 g/mol. The lowest BCUT2D eigenvalue weighted by Gasteiger charge is -2.31. The average Bonchev–Trinajstić information content (AvgIpc) is 3.30. The van der Waals surface area contributed by atoms with Crippen molar-refractivity contribution < 1.29 is 19.1 Å². The van der Waals surface area contributed by atoms with Crippen LogP contribution in [-0.2, 0) is 20.7 Å². The molecule has 0 bridgehead atoms. The molecule has 1 N–H and O–H groups in total. The summed E-state index contributed by atoms with van der Waals surface area (Å²) in [5.41, 5.74) is 2.37. The summed E-state index contributed by atoms with van der Waals surface area (Å²) in [7, 11) is 1.64. The molecule has 0 radical (unpaired) electrons. The summed E-state index contributed by atoms with van der Waals surface area (Å²) in [5, 5.41) is 13.9. The van der Waals surface area contributed by atoms with E-state index in [1.165, 1.54) is 11.3 Å². The van der Waals surface area contributed by atoms with Crippen LogP contribution in [0.5, 0.6) is 5.75 Å². The van der Waals surface area contributed by atoms with Crippen molar-refractivity contribution in [2.45, 2.75) is 26.2 Å². The first-order chi connectivity index (χ1) is 16.6. The fourth-order valence-corrected chi connectivity index (χ4v) is 4.51. The number of aromatic nitrogens is 3. The molecule has 1 aliphatic heterocycles. The number of nitrogens with zero attached hydrogens (tertiary/aromatic N) is 4. The molecule has 10 heteroatoms. The molecule has 1 amide bonds. The van der Waals surface area contributed by atoms with Crippen molar-refractivity contribution in [2.24, 2.45) is 5.92 Å². The summed E-state index contributed by atoms with van der Waals surface area (Å²) < 4.78 is 10.1. The number of piperidine rings is 1. The summed E-state index contributed by atoms with van der Waals surface area (Å²) in [6, 6.07) is 11.6. The number of ether oxygens (including phenoxy) is 2. The van der Waals surface area contributed by atoms with Crippen molar-refractivity contribution in [3.05, 3.63) is 47.5 Å². The molecule has 2 aromatic heterocycles. The smallest absolute Gasteiger partial charge is 0.311 e. The fraction of sp³-hybridized carbons (Fsp3) is 0.375. The van der Waals surface area contributed by atoms with E-state index in [4.69, 9.17) is 9.47 Å². The maximum absolute atomic E-state index is 12.7. The van der Waals surface area contributed by atoms with Crippen molar-refractivity contribution in [1.82, 2.24) is 15.2 Å². The van der Waals surface area contributed by atoms with E-state index in [2.05, 4.69) is 25.4 Å². The predicted molar refractivity (Wildman–Crippen MR) is 130 cm³/mol. The van der Waals surface area contributed by atoms with E-state index in [0.717, 1.165) is 48.8 Å². The molecule has 9 nitrogen and oxygen atoms in total. The van der Waals surface area contributed by atoms with Gasteiger partial charge in [-0.2, -0.15) is 0 Å². The molecule has 1 aliphatic rings. The van der Waals surface area contributed by atoms with E-state index in [0.29, 0.717) is 17.4 Å². The van der Waals surface area contributed by atoms with Crippen molar-refractivity contribution >= 4 is 34.2 Å². The maximum atomic E-state index is 12.7. The molecule has 3 aromatic rings. The minimum atomic E-state index is -0.321. The first-order valence-corrected chi connectivity index (χ1v) is 12.1. The lowest BCUT2D eigenvalue weighted by Crippen LogP contribution is -2.38. The topological polar surface area (TPSA) is 107 Å². The molecule has 0 spiro atoms. The molecule has 34 heavy (non-hydrogen) atoms. The summed E-state index contributed by atoms with van der Waals surface area (Å²) in [4.78, 5) is 30.8. The van der Waals surface area contributed by atoms with Gasteiger partial charge in [0.05, 0.1) is 31.5 Å². The Kier molecular flexibility index (Phi) is 7.69. The first kappa shape index (κ1) is 23.6. The standard InChI is InChI=1S/C24H27N5O4S/c1-3-33-22(30)14-18-15-34-24(25-18)26-23(31)17-10-12-29(13-11-17)21-9-8-20(27-28-21)16-4-6-19(32-2)7-5-16/h4-9,15,17H,3,10-14H2,1-2H3,(H,25,26,31). The summed E-state index contributed by atoms with van der Waals surface area (Å²) in [6.45, 7) is 3.55. The third-order valence-electron chi connectivity index (χ3n) is 5.64. The van der Waals surface area contributed by atoms with Crippen molar-refractivity contribution in [2.75, 3.05) is 37.0 Å². The van der Waals surface area contributed by atoms with Gasteiger partial charge in [-0.3, -0.25) is 9.59 Å². The number of carbonyl (C=O) groups is 2. The minimum Gasteiger partial charge on any atom is -0.497 e. The number of hydrogen-bond donors (Lipinski definition) is 1. The lowest BCUT2D eigenvalue weighted by molar-refractivity contribution is -0.142. The zero-order valence-electron chi connectivity index (χ0n) is 19.2. The van der Waals surface area contributed by atoms with Gasteiger partial charge in [0.15, 0.2) is 10.9 Å². The van der Waals surface area contributed by atoms with Gasteiger partial charge in [-0.1, -0.05) is 0 Å². The highest BCUT2D eigenvalue weighted by molar-refractivity contribution is 7.13. The van der Waals surface area contributed by atoms with Crippen LogP contribution in [0.3, 0.4) is 0 Å². The number of rotatable bonds is 8. The number of nitrogens with one attached hydrogen (secondary N) is 1. The summed E-state index contributed by atoms with van der Waals surface area (Å²) >= 11 is 1.31. The summed E-state index contributed by atoms with van der Waals surface area (Å²) in [5.74, 6) is 1.14. The van der Waals surface area contributed by atoms with E-state index in [1.807, 2.05) is 36.4 Å². The Balaban J connectivity index is 1.28. The summed E-state index contributed by atoms with van der Waals surface area (Å²) in [6.07, 6.45) is 1.54. The van der Waals surface area contributed by atoms with Gasteiger partial charge in [-0.25, -0.2) is 4.98 Å². The second-order valence-electron chi connectivity index (χ2n) is 7.88. The van der Waals surface area contributed by atoms with Crippen LogP contribution in [0.2, 0.25) is 0 Å². The van der Waals surface area contributed by atoms with E-state index in [9.17, 15) is 9.59 Å². The van der Waals surface area contributed by atoms with Crippen LogP contribution in [0.4, 0.5) is 10.9 Å². The van der Waals surface area contributed by atoms with Crippen molar-refractivity contribution in [3.8, 4) is 17.0 Å². The number of anilines is 2. The Hall–Kier alpha value is -3.53. The molecular formula is C24H27N5O4S. The monoisotopic (exact) mass is 481 g/mol. The molecule has 0 atom stereocenters. The minimum absolute atomic E-state index is 0.0439. The number of esters is 1. The number of methoxy groups -OCH3 is 1. The Morgan fingerprint density at radius 3 is 2.53 bits per heavy atom. The second-order valence-corrected chi connectivity index (χ2v) is 8.74. The van der Waals surface area contributed by atoms with E-state index in [1.54, 1.807) is 19.4 Å². The second kappa shape index (κ2) is 11.1. The third kappa shape index (κ3) is 5.88. The Morgan fingerprint density at radius 1 is 1.12 bits per heavy atom. The van der Waals surface area contributed by atoms with Gasteiger partial charge >= 0.3 is 5.97 Å². The Bertz CT molecular complexity index is 1110. The first-order valence-electron chi connectivity index (χ1n) is 11.2. The molecule has 178 valence electrons. The Labute approximate surface area is 202 Å². The largest absolute Gasteiger partial charge is 0.497 e.